The summed E-state index contributed by atoms with van der Waals surface area (Å²) in [6.45, 7) is 9.41. The number of carboxylic acid groups (broad SMARTS) is 1. The number of aromatic nitrogens is 1. The summed E-state index contributed by atoms with van der Waals surface area (Å²) in [5.41, 5.74) is 3.82. The highest BCUT2D eigenvalue weighted by Crippen LogP contribution is 2.34. The first-order valence-electron chi connectivity index (χ1n) is 6.84. The molecule has 0 aliphatic heterocycles. The van der Waals surface area contributed by atoms with Gasteiger partial charge >= 0.3 is 5.97 Å². The van der Waals surface area contributed by atoms with Gasteiger partial charge in [0.1, 0.15) is 0 Å². The molecule has 0 aliphatic carbocycles. The normalized spacial score (nSPS) is 11.4. The van der Waals surface area contributed by atoms with Gasteiger partial charge in [-0.1, -0.05) is 26.8 Å². The molecule has 1 heterocycles. The number of carbonyl (C=O) groups is 1. The number of nitrogens with zero attached hydrogens (tertiary/aromatic N) is 1. The molecule has 0 saturated carbocycles. The van der Waals surface area contributed by atoms with Gasteiger partial charge in [0.25, 0.3) is 0 Å². The molecule has 19 heavy (non-hydrogen) atoms. The molecule has 1 aromatic carbocycles. The Kier molecular flexibility index (Phi) is 3.65. The number of rotatable bonds is 4. The Morgan fingerprint density at radius 1 is 1.37 bits per heavy atom. The van der Waals surface area contributed by atoms with Crippen molar-refractivity contribution < 1.29 is 9.90 Å². The van der Waals surface area contributed by atoms with E-state index in [4.69, 9.17) is 0 Å². The summed E-state index contributed by atoms with van der Waals surface area (Å²) >= 11 is 0. The zero-order chi connectivity index (χ0) is 14.2. The minimum atomic E-state index is -0.846. The van der Waals surface area contributed by atoms with E-state index < -0.39 is 5.97 Å². The lowest BCUT2D eigenvalue weighted by molar-refractivity contribution is 0.0699. The molecule has 0 atom stereocenters. The van der Waals surface area contributed by atoms with Crippen molar-refractivity contribution in [3.63, 3.8) is 0 Å². The lowest BCUT2D eigenvalue weighted by atomic mass is 9.96. The summed E-state index contributed by atoms with van der Waals surface area (Å²) in [4.78, 5) is 11.5. The second kappa shape index (κ2) is 5.08. The number of hydrogen-bond donors (Lipinski definition) is 1. The van der Waals surface area contributed by atoms with Gasteiger partial charge in [-0.05, 0) is 37.0 Å². The lowest BCUT2D eigenvalue weighted by Gasteiger charge is -2.08. The third-order valence-corrected chi connectivity index (χ3v) is 3.65. The second-order valence-corrected chi connectivity index (χ2v) is 5.31. The molecule has 3 nitrogen and oxygen atoms in total. The first kappa shape index (κ1) is 13.7. The Labute approximate surface area is 113 Å². The molecule has 0 radical (unpaired) electrons. The van der Waals surface area contributed by atoms with Crippen LogP contribution in [0.15, 0.2) is 18.2 Å². The third-order valence-electron chi connectivity index (χ3n) is 3.65. The highest BCUT2D eigenvalue weighted by atomic mass is 16.4. The number of hydrogen-bond acceptors (Lipinski definition) is 1. The summed E-state index contributed by atoms with van der Waals surface area (Å²) in [7, 11) is 0. The van der Waals surface area contributed by atoms with Crippen molar-refractivity contribution in [3.05, 3.63) is 35.0 Å². The summed E-state index contributed by atoms with van der Waals surface area (Å²) < 4.78 is 2.25. The lowest BCUT2D eigenvalue weighted by Crippen LogP contribution is -2.00. The van der Waals surface area contributed by atoms with Crippen LogP contribution in [-0.4, -0.2) is 15.6 Å². The summed E-state index contributed by atoms with van der Waals surface area (Å²) in [6.07, 6.45) is 1.04. The summed E-state index contributed by atoms with van der Waals surface area (Å²) in [5.74, 6) is -0.526. The number of carboxylic acids is 1. The van der Waals surface area contributed by atoms with E-state index in [1.807, 2.05) is 12.1 Å². The predicted molar refractivity (Wildman–Crippen MR) is 78.0 cm³/mol. The number of aryl methyl sites for hydroxylation is 1. The second-order valence-electron chi connectivity index (χ2n) is 5.31. The molecule has 0 unspecified atom stereocenters. The monoisotopic (exact) mass is 259 g/mol. The Hall–Kier alpha value is -1.77. The maximum Gasteiger partial charge on any atom is 0.336 e. The molecule has 0 fully saturated rings. The molecule has 0 saturated heterocycles. The molecule has 102 valence electrons. The zero-order valence-electron chi connectivity index (χ0n) is 12.0. The highest BCUT2D eigenvalue weighted by molar-refractivity contribution is 6.05. The van der Waals surface area contributed by atoms with Crippen molar-refractivity contribution in [1.82, 2.24) is 4.57 Å². The SMILES string of the molecule is CCCn1c(C)c(C(C)C)c2c(C(=O)O)cccc21. The Morgan fingerprint density at radius 2 is 2.05 bits per heavy atom. The molecular weight excluding hydrogens is 238 g/mol. The highest BCUT2D eigenvalue weighted by Gasteiger charge is 2.21. The van der Waals surface area contributed by atoms with Crippen LogP contribution in [0.1, 0.15) is 54.7 Å². The first-order chi connectivity index (χ1) is 8.99. The standard InChI is InChI=1S/C16H21NO2/c1-5-9-17-11(4)14(10(2)3)15-12(16(18)19)7-6-8-13(15)17/h6-8,10H,5,9H2,1-4H3,(H,18,19). The van der Waals surface area contributed by atoms with E-state index in [0.29, 0.717) is 11.5 Å². The van der Waals surface area contributed by atoms with Gasteiger partial charge in [-0.3, -0.25) is 0 Å². The van der Waals surface area contributed by atoms with Crippen LogP contribution >= 0.6 is 0 Å². The molecule has 1 N–H and O–H groups in total. The van der Waals surface area contributed by atoms with E-state index in [9.17, 15) is 9.90 Å². The van der Waals surface area contributed by atoms with Gasteiger partial charge in [-0.2, -0.15) is 0 Å². The number of fused-ring (bicyclic) bond motifs is 1. The molecule has 0 spiro atoms. The Morgan fingerprint density at radius 3 is 2.58 bits per heavy atom. The molecule has 1 aromatic heterocycles. The van der Waals surface area contributed by atoms with Crippen molar-refractivity contribution in [3.8, 4) is 0 Å². The maximum atomic E-state index is 11.5. The minimum Gasteiger partial charge on any atom is -0.478 e. The van der Waals surface area contributed by atoms with Gasteiger partial charge in [0.05, 0.1) is 5.56 Å². The van der Waals surface area contributed by atoms with Crippen LogP contribution in [0.25, 0.3) is 10.9 Å². The van der Waals surface area contributed by atoms with Crippen LogP contribution in [0.4, 0.5) is 0 Å². The van der Waals surface area contributed by atoms with Gasteiger partial charge in [0.2, 0.25) is 0 Å². The van der Waals surface area contributed by atoms with Gasteiger partial charge < -0.3 is 9.67 Å². The maximum absolute atomic E-state index is 11.5. The van der Waals surface area contributed by atoms with Crippen molar-refractivity contribution in [2.75, 3.05) is 0 Å². The average Bonchev–Trinajstić information content (AvgIpc) is 2.62. The topological polar surface area (TPSA) is 42.2 Å². The van der Waals surface area contributed by atoms with Crippen LogP contribution in [0.2, 0.25) is 0 Å². The molecular formula is C16H21NO2. The van der Waals surface area contributed by atoms with E-state index in [0.717, 1.165) is 23.9 Å². The Bertz CT molecular complexity index is 623. The first-order valence-corrected chi connectivity index (χ1v) is 6.84. The van der Waals surface area contributed by atoms with Crippen molar-refractivity contribution in [1.29, 1.82) is 0 Å². The van der Waals surface area contributed by atoms with Gasteiger partial charge in [0.15, 0.2) is 0 Å². The van der Waals surface area contributed by atoms with Crippen molar-refractivity contribution >= 4 is 16.9 Å². The molecule has 2 rings (SSSR count). The van der Waals surface area contributed by atoms with Gasteiger partial charge in [-0.15, -0.1) is 0 Å². The van der Waals surface area contributed by atoms with Crippen molar-refractivity contribution in [2.45, 2.75) is 46.6 Å². The fourth-order valence-electron chi connectivity index (χ4n) is 2.95. The summed E-state index contributed by atoms with van der Waals surface area (Å²) in [6, 6.07) is 5.56. The van der Waals surface area contributed by atoms with E-state index in [-0.39, 0.29) is 0 Å². The molecule has 2 aromatic rings. The van der Waals surface area contributed by atoms with Crippen LogP contribution < -0.4 is 0 Å². The van der Waals surface area contributed by atoms with Crippen LogP contribution in [-0.2, 0) is 6.54 Å². The van der Waals surface area contributed by atoms with Crippen LogP contribution in [0.5, 0.6) is 0 Å². The molecule has 0 aliphatic rings. The third kappa shape index (κ3) is 2.14. The molecule has 0 amide bonds. The fourth-order valence-corrected chi connectivity index (χ4v) is 2.95. The largest absolute Gasteiger partial charge is 0.478 e. The van der Waals surface area contributed by atoms with Gasteiger partial charge in [-0.25, -0.2) is 4.79 Å². The number of aromatic carboxylic acids is 1. The zero-order valence-corrected chi connectivity index (χ0v) is 12.0. The Balaban J connectivity index is 2.90. The molecule has 3 heteroatoms. The van der Waals surface area contributed by atoms with E-state index in [1.54, 1.807) is 6.07 Å². The van der Waals surface area contributed by atoms with Crippen molar-refractivity contribution in [2.24, 2.45) is 0 Å². The van der Waals surface area contributed by atoms with Gasteiger partial charge in [0, 0.05) is 23.1 Å². The van der Waals surface area contributed by atoms with E-state index in [2.05, 4.69) is 32.3 Å². The van der Waals surface area contributed by atoms with E-state index in [1.165, 1.54) is 11.3 Å². The minimum absolute atomic E-state index is 0.320. The molecule has 0 bridgehead atoms. The predicted octanol–water partition coefficient (Wildman–Crippen LogP) is 4.18. The fraction of sp³-hybridized carbons (Fsp3) is 0.438. The smallest absolute Gasteiger partial charge is 0.336 e. The van der Waals surface area contributed by atoms with Crippen LogP contribution in [0.3, 0.4) is 0 Å². The quantitative estimate of drug-likeness (QED) is 0.895. The van der Waals surface area contributed by atoms with E-state index >= 15 is 0 Å². The van der Waals surface area contributed by atoms with Crippen LogP contribution in [0, 0.1) is 6.92 Å². The number of benzene rings is 1. The summed E-state index contributed by atoms with van der Waals surface area (Å²) in [5, 5.41) is 10.3. The average molecular weight is 259 g/mol.